The monoisotopic (exact) mass is 157 g/mol. The molecule has 58 valence electrons. The van der Waals surface area contributed by atoms with Crippen molar-refractivity contribution in [2.45, 2.75) is 6.42 Å². The van der Waals surface area contributed by atoms with Gasteiger partial charge in [0.15, 0.2) is 0 Å². The van der Waals surface area contributed by atoms with Crippen molar-refractivity contribution in [3.05, 3.63) is 29.3 Å². The molecule has 0 saturated carbocycles. The first kappa shape index (κ1) is 7.41. The van der Waals surface area contributed by atoms with Gasteiger partial charge in [0.25, 0.3) is 5.91 Å². The Morgan fingerprint density at radius 1 is 1.42 bits per heavy atom. The lowest BCUT2D eigenvalue weighted by molar-refractivity contribution is 0.0946. The smallest absolute Gasteiger partial charge is 0.251 e. The number of carbonyl (C=O) groups excluding carboxylic acids is 1. The van der Waals surface area contributed by atoms with E-state index in [1.807, 2.05) is 6.07 Å². The Hall–Kier alpha value is -1.25. The van der Waals surface area contributed by atoms with E-state index in [9.17, 15) is 4.79 Å². The van der Waals surface area contributed by atoms with E-state index in [0.717, 1.165) is 29.6 Å². The van der Waals surface area contributed by atoms with Crippen molar-refractivity contribution in [3.8, 4) is 0 Å². The predicted octanol–water partition coefficient (Wildman–Crippen LogP) is -0.234. The van der Waals surface area contributed by atoms with Crippen molar-refractivity contribution in [1.82, 2.24) is 5.32 Å². The molecule has 2 nitrogen and oxygen atoms in total. The third-order valence-electron chi connectivity index (χ3n) is 2.05. The maximum atomic E-state index is 11.2. The van der Waals surface area contributed by atoms with Crippen molar-refractivity contribution in [1.29, 1.82) is 0 Å². The SMILES string of the molecule is [B]c1ccc2c(c1)CCNC2=O. The second kappa shape index (κ2) is 2.66. The van der Waals surface area contributed by atoms with E-state index in [1.165, 1.54) is 0 Å². The van der Waals surface area contributed by atoms with E-state index < -0.39 is 0 Å². The minimum atomic E-state index is 0.0104. The molecule has 0 saturated heterocycles. The molecule has 0 spiro atoms. The zero-order chi connectivity index (χ0) is 8.55. The quantitative estimate of drug-likeness (QED) is 0.517. The first-order valence-electron chi connectivity index (χ1n) is 3.94. The summed E-state index contributed by atoms with van der Waals surface area (Å²) in [6, 6.07) is 5.40. The van der Waals surface area contributed by atoms with Gasteiger partial charge in [-0.15, -0.1) is 0 Å². The average Bonchev–Trinajstić information content (AvgIpc) is 2.04. The molecule has 1 aromatic carbocycles. The largest absolute Gasteiger partial charge is 0.352 e. The fourth-order valence-electron chi connectivity index (χ4n) is 1.45. The van der Waals surface area contributed by atoms with Gasteiger partial charge in [0.2, 0.25) is 0 Å². The van der Waals surface area contributed by atoms with E-state index in [1.54, 1.807) is 12.1 Å². The lowest BCUT2D eigenvalue weighted by Gasteiger charge is -2.16. The number of amides is 1. The molecule has 1 aliphatic rings. The molecule has 0 fully saturated rings. The fraction of sp³-hybridized carbons (Fsp3) is 0.222. The molecule has 1 N–H and O–H groups in total. The van der Waals surface area contributed by atoms with E-state index in [2.05, 4.69) is 5.32 Å². The van der Waals surface area contributed by atoms with Crippen LogP contribution in [0.3, 0.4) is 0 Å². The van der Waals surface area contributed by atoms with Crippen LogP contribution in [0, 0.1) is 0 Å². The van der Waals surface area contributed by atoms with Crippen molar-refractivity contribution >= 4 is 19.2 Å². The molecular formula is C9H8BNO. The highest BCUT2D eigenvalue weighted by molar-refractivity contribution is 6.32. The maximum Gasteiger partial charge on any atom is 0.251 e. The molecule has 0 bridgehead atoms. The number of hydrogen-bond donors (Lipinski definition) is 1. The van der Waals surface area contributed by atoms with Gasteiger partial charge in [-0.05, 0) is 18.1 Å². The summed E-state index contributed by atoms with van der Waals surface area (Å²) in [5, 5.41) is 2.78. The van der Waals surface area contributed by atoms with Gasteiger partial charge in [-0.3, -0.25) is 4.79 Å². The van der Waals surface area contributed by atoms with E-state index in [-0.39, 0.29) is 5.91 Å². The summed E-state index contributed by atoms with van der Waals surface area (Å²) in [5.74, 6) is 0.0104. The Bertz CT molecular complexity index is 335. The molecule has 2 radical (unpaired) electrons. The van der Waals surface area contributed by atoms with Crippen LogP contribution in [0.25, 0.3) is 0 Å². The van der Waals surface area contributed by atoms with Crippen LogP contribution >= 0.6 is 0 Å². The van der Waals surface area contributed by atoms with E-state index in [0.29, 0.717) is 0 Å². The number of benzene rings is 1. The van der Waals surface area contributed by atoms with Crippen LogP contribution in [0.1, 0.15) is 15.9 Å². The lowest BCUT2D eigenvalue weighted by Crippen LogP contribution is -2.32. The second-order valence-corrected chi connectivity index (χ2v) is 2.92. The Labute approximate surface area is 72.4 Å². The first-order chi connectivity index (χ1) is 5.77. The normalized spacial score (nSPS) is 15.2. The van der Waals surface area contributed by atoms with Gasteiger partial charge in [-0.25, -0.2) is 0 Å². The van der Waals surface area contributed by atoms with Crippen LogP contribution in [-0.4, -0.2) is 20.3 Å². The van der Waals surface area contributed by atoms with E-state index >= 15 is 0 Å². The van der Waals surface area contributed by atoms with Gasteiger partial charge in [-0.2, -0.15) is 0 Å². The first-order valence-corrected chi connectivity index (χ1v) is 3.94. The summed E-state index contributed by atoms with van der Waals surface area (Å²) < 4.78 is 0. The molecule has 1 heterocycles. The number of nitrogens with one attached hydrogen (secondary N) is 1. The van der Waals surface area contributed by atoms with Gasteiger partial charge in [0, 0.05) is 12.1 Å². The van der Waals surface area contributed by atoms with Gasteiger partial charge >= 0.3 is 0 Å². The Morgan fingerprint density at radius 2 is 2.25 bits per heavy atom. The zero-order valence-electron chi connectivity index (χ0n) is 6.63. The third-order valence-corrected chi connectivity index (χ3v) is 2.05. The Balaban J connectivity index is 2.53. The zero-order valence-corrected chi connectivity index (χ0v) is 6.63. The molecule has 1 aromatic rings. The highest BCUT2D eigenvalue weighted by atomic mass is 16.1. The molecule has 0 unspecified atom stereocenters. The van der Waals surface area contributed by atoms with Crippen LogP contribution in [0.2, 0.25) is 0 Å². The molecule has 12 heavy (non-hydrogen) atoms. The van der Waals surface area contributed by atoms with Crippen molar-refractivity contribution < 1.29 is 4.79 Å². The highest BCUT2D eigenvalue weighted by Crippen LogP contribution is 2.10. The van der Waals surface area contributed by atoms with Crippen LogP contribution < -0.4 is 10.8 Å². The predicted molar refractivity (Wildman–Crippen MR) is 47.9 cm³/mol. The minimum Gasteiger partial charge on any atom is -0.352 e. The Kier molecular flexibility index (Phi) is 1.64. The second-order valence-electron chi connectivity index (χ2n) is 2.92. The summed E-state index contributed by atoms with van der Waals surface area (Å²) >= 11 is 0. The number of carbonyl (C=O) groups is 1. The van der Waals surface area contributed by atoms with Gasteiger partial charge in [-0.1, -0.05) is 17.6 Å². The molecule has 3 heteroatoms. The number of hydrogen-bond acceptors (Lipinski definition) is 1. The minimum absolute atomic E-state index is 0.0104. The maximum absolute atomic E-state index is 11.2. The molecule has 0 aliphatic carbocycles. The summed E-state index contributed by atoms with van der Waals surface area (Å²) in [5.41, 5.74) is 2.54. The lowest BCUT2D eigenvalue weighted by atomic mass is 9.89. The Morgan fingerprint density at radius 3 is 3.08 bits per heavy atom. The van der Waals surface area contributed by atoms with Crippen molar-refractivity contribution in [2.75, 3.05) is 6.54 Å². The van der Waals surface area contributed by atoms with Crippen LogP contribution in [0.5, 0.6) is 0 Å². The van der Waals surface area contributed by atoms with Crippen molar-refractivity contribution in [2.24, 2.45) is 0 Å². The van der Waals surface area contributed by atoms with Gasteiger partial charge in [0.1, 0.15) is 7.85 Å². The summed E-state index contributed by atoms with van der Waals surface area (Å²) in [4.78, 5) is 11.2. The number of rotatable bonds is 0. The molecule has 1 amide bonds. The highest BCUT2D eigenvalue weighted by Gasteiger charge is 2.15. The van der Waals surface area contributed by atoms with Gasteiger partial charge in [0.05, 0.1) is 0 Å². The fourth-order valence-corrected chi connectivity index (χ4v) is 1.45. The molecule has 2 rings (SSSR count). The molecule has 1 aliphatic heterocycles. The van der Waals surface area contributed by atoms with Crippen LogP contribution in [0.4, 0.5) is 0 Å². The number of fused-ring (bicyclic) bond motifs is 1. The summed E-state index contributed by atoms with van der Waals surface area (Å²) in [6.45, 7) is 0.718. The molecule has 0 aromatic heterocycles. The average molecular weight is 157 g/mol. The summed E-state index contributed by atoms with van der Waals surface area (Å²) in [7, 11) is 5.60. The summed E-state index contributed by atoms with van der Waals surface area (Å²) in [6.07, 6.45) is 0.881. The van der Waals surface area contributed by atoms with Crippen molar-refractivity contribution in [3.63, 3.8) is 0 Å². The van der Waals surface area contributed by atoms with Crippen LogP contribution in [0.15, 0.2) is 18.2 Å². The third kappa shape index (κ3) is 1.11. The van der Waals surface area contributed by atoms with Gasteiger partial charge < -0.3 is 5.32 Å². The standard InChI is InChI=1S/C9H8BNO/c10-7-1-2-8-6(5-7)3-4-11-9(8)12/h1-2,5H,3-4H2,(H,11,12). The van der Waals surface area contributed by atoms with E-state index in [4.69, 9.17) is 7.85 Å². The van der Waals surface area contributed by atoms with Crippen LogP contribution in [-0.2, 0) is 6.42 Å². The molecular weight excluding hydrogens is 149 g/mol. The molecule has 0 atom stereocenters. The topological polar surface area (TPSA) is 29.1 Å².